The number of rotatable bonds is 4. The number of aromatic nitrogens is 2. The van der Waals surface area contributed by atoms with Crippen molar-refractivity contribution in [2.45, 2.75) is 52.1 Å². The lowest BCUT2D eigenvalue weighted by atomic mass is 9.91. The summed E-state index contributed by atoms with van der Waals surface area (Å²) in [5.41, 5.74) is 2.98. The largest absolute Gasteiger partial charge is 0.371 e. The van der Waals surface area contributed by atoms with Crippen molar-refractivity contribution in [3.63, 3.8) is 0 Å². The smallest absolute Gasteiger partial charge is 0.162 e. The van der Waals surface area contributed by atoms with Crippen LogP contribution in [0.25, 0.3) is 0 Å². The highest BCUT2D eigenvalue weighted by molar-refractivity contribution is 5.37. The van der Waals surface area contributed by atoms with Crippen LogP contribution in [0.15, 0.2) is 6.07 Å². The van der Waals surface area contributed by atoms with Gasteiger partial charge in [0.25, 0.3) is 0 Å². The number of hydrogen-bond donors (Lipinski definition) is 2. The fourth-order valence-electron chi connectivity index (χ4n) is 1.54. The Labute approximate surface area is 109 Å². The van der Waals surface area contributed by atoms with Gasteiger partial charge in [0.15, 0.2) is 5.82 Å². The van der Waals surface area contributed by atoms with E-state index in [-0.39, 0.29) is 5.41 Å². The van der Waals surface area contributed by atoms with E-state index in [0.29, 0.717) is 11.6 Å². The van der Waals surface area contributed by atoms with Crippen LogP contribution in [0, 0.1) is 0 Å². The van der Waals surface area contributed by atoms with Gasteiger partial charge in [0.2, 0.25) is 0 Å². The van der Waals surface area contributed by atoms with Crippen LogP contribution < -0.4 is 11.3 Å². The SMILES string of the molecule is CCC(C)(OC)c1nc(NN)cc(C(C)(C)C)n1. The van der Waals surface area contributed by atoms with E-state index in [0.717, 1.165) is 12.1 Å². The molecule has 0 amide bonds. The van der Waals surface area contributed by atoms with Crippen LogP contribution in [0.4, 0.5) is 5.82 Å². The molecule has 3 N–H and O–H groups in total. The Morgan fingerprint density at radius 3 is 2.28 bits per heavy atom. The third kappa shape index (κ3) is 2.97. The summed E-state index contributed by atoms with van der Waals surface area (Å²) in [7, 11) is 1.67. The fraction of sp³-hybridized carbons (Fsp3) is 0.692. The van der Waals surface area contributed by atoms with Crippen molar-refractivity contribution >= 4 is 5.82 Å². The molecule has 0 radical (unpaired) electrons. The predicted octanol–water partition coefficient (Wildman–Crippen LogP) is 2.33. The second kappa shape index (κ2) is 5.20. The van der Waals surface area contributed by atoms with Gasteiger partial charge in [-0.05, 0) is 13.3 Å². The maximum Gasteiger partial charge on any atom is 0.162 e. The number of ether oxygens (including phenoxy) is 1. The Kier molecular flexibility index (Phi) is 4.29. The van der Waals surface area contributed by atoms with Gasteiger partial charge in [-0.2, -0.15) is 0 Å². The van der Waals surface area contributed by atoms with Gasteiger partial charge in [0, 0.05) is 18.6 Å². The van der Waals surface area contributed by atoms with Crippen molar-refractivity contribution in [1.29, 1.82) is 0 Å². The first-order chi connectivity index (χ1) is 8.26. The average molecular weight is 252 g/mol. The van der Waals surface area contributed by atoms with E-state index in [2.05, 4.69) is 36.2 Å². The molecule has 1 heterocycles. The van der Waals surface area contributed by atoms with Gasteiger partial charge in [-0.3, -0.25) is 0 Å². The summed E-state index contributed by atoms with van der Waals surface area (Å²) in [4.78, 5) is 9.04. The number of nitrogens with one attached hydrogen (secondary N) is 1. The van der Waals surface area contributed by atoms with E-state index in [4.69, 9.17) is 10.6 Å². The molecule has 102 valence electrons. The van der Waals surface area contributed by atoms with Crippen LogP contribution in [-0.4, -0.2) is 17.1 Å². The third-order valence-electron chi connectivity index (χ3n) is 3.24. The second-order valence-electron chi connectivity index (χ2n) is 5.64. The first-order valence-electron chi connectivity index (χ1n) is 6.18. The molecular formula is C13H24N4O. The molecule has 1 atom stereocenters. The Bertz CT molecular complexity index is 408. The number of nitrogens with two attached hydrogens (primary N) is 1. The highest BCUT2D eigenvalue weighted by Gasteiger charge is 2.29. The lowest BCUT2D eigenvalue weighted by molar-refractivity contribution is -0.00916. The van der Waals surface area contributed by atoms with Crippen molar-refractivity contribution in [2.75, 3.05) is 12.5 Å². The van der Waals surface area contributed by atoms with E-state index < -0.39 is 5.60 Å². The number of methoxy groups -OCH3 is 1. The summed E-state index contributed by atoms with van der Waals surface area (Å²) in [6.45, 7) is 10.3. The molecule has 0 saturated carbocycles. The maximum atomic E-state index is 5.55. The van der Waals surface area contributed by atoms with Crippen LogP contribution in [0.1, 0.15) is 52.6 Å². The fourth-order valence-corrected chi connectivity index (χ4v) is 1.54. The molecule has 1 rings (SSSR count). The summed E-state index contributed by atoms with van der Waals surface area (Å²) in [6.07, 6.45) is 0.793. The number of nitrogen functional groups attached to an aromatic ring is 1. The molecule has 0 saturated heterocycles. The van der Waals surface area contributed by atoms with Gasteiger partial charge in [-0.25, -0.2) is 15.8 Å². The maximum absolute atomic E-state index is 5.55. The Morgan fingerprint density at radius 1 is 1.28 bits per heavy atom. The third-order valence-corrected chi connectivity index (χ3v) is 3.24. The van der Waals surface area contributed by atoms with Crippen molar-refractivity contribution in [3.05, 3.63) is 17.6 Å². The molecule has 1 unspecified atom stereocenters. The minimum atomic E-state index is -0.493. The molecule has 0 bridgehead atoms. The summed E-state index contributed by atoms with van der Waals surface area (Å²) in [6, 6.07) is 1.87. The Hall–Kier alpha value is -1.20. The first kappa shape index (κ1) is 14.9. The zero-order valence-corrected chi connectivity index (χ0v) is 12.2. The van der Waals surface area contributed by atoms with Gasteiger partial charge < -0.3 is 10.2 Å². The minimum Gasteiger partial charge on any atom is -0.371 e. The molecular weight excluding hydrogens is 228 g/mol. The van der Waals surface area contributed by atoms with Crippen LogP contribution in [0.5, 0.6) is 0 Å². The molecule has 0 aliphatic rings. The number of anilines is 1. The molecule has 0 aromatic carbocycles. The topological polar surface area (TPSA) is 73.1 Å². The highest BCUT2D eigenvalue weighted by Crippen LogP contribution is 2.29. The number of hydrogen-bond acceptors (Lipinski definition) is 5. The molecule has 1 aromatic heterocycles. The summed E-state index contributed by atoms with van der Waals surface area (Å²) in [5, 5.41) is 0. The molecule has 0 spiro atoms. The zero-order valence-electron chi connectivity index (χ0n) is 12.2. The van der Waals surface area contributed by atoms with E-state index in [1.807, 2.05) is 19.9 Å². The molecule has 0 aliphatic heterocycles. The van der Waals surface area contributed by atoms with E-state index in [1.165, 1.54) is 0 Å². The standard InChI is InChI=1S/C13H24N4O/c1-7-13(5,18-6)11-15-9(12(2,3)4)8-10(16-11)17-14/h8H,7,14H2,1-6H3,(H,15,16,17). The molecule has 1 aromatic rings. The molecule has 5 heteroatoms. The van der Waals surface area contributed by atoms with E-state index >= 15 is 0 Å². The molecule has 0 fully saturated rings. The Balaban J connectivity index is 3.37. The number of hydrazine groups is 1. The number of nitrogens with zero attached hydrogens (tertiary/aromatic N) is 2. The quantitative estimate of drug-likeness (QED) is 0.635. The van der Waals surface area contributed by atoms with Crippen LogP contribution in [-0.2, 0) is 15.8 Å². The van der Waals surface area contributed by atoms with E-state index in [1.54, 1.807) is 7.11 Å². The monoisotopic (exact) mass is 252 g/mol. The van der Waals surface area contributed by atoms with Gasteiger partial charge >= 0.3 is 0 Å². The highest BCUT2D eigenvalue weighted by atomic mass is 16.5. The molecule has 0 aliphatic carbocycles. The minimum absolute atomic E-state index is 0.0638. The van der Waals surface area contributed by atoms with Crippen LogP contribution >= 0.6 is 0 Å². The lowest BCUT2D eigenvalue weighted by Gasteiger charge is -2.27. The molecule has 18 heavy (non-hydrogen) atoms. The van der Waals surface area contributed by atoms with Crippen molar-refractivity contribution in [3.8, 4) is 0 Å². The zero-order chi connectivity index (χ0) is 14.0. The van der Waals surface area contributed by atoms with Gasteiger partial charge in [0.05, 0.1) is 5.69 Å². The van der Waals surface area contributed by atoms with Gasteiger partial charge in [-0.15, -0.1) is 0 Å². The lowest BCUT2D eigenvalue weighted by Crippen LogP contribution is -2.29. The van der Waals surface area contributed by atoms with Crippen molar-refractivity contribution in [2.24, 2.45) is 5.84 Å². The predicted molar refractivity (Wildman–Crippen MR) is 73.2 cm³/mol. The van der Waals surface area contributed by atoms with Gasteiger partial charge in [-0.1, -0.05) is 27.7 Å². The first-order valence-corrected chi connectivity index (χ1v) is 6.18. The summed E-state index contributed by atoms with van der Waals surface area (Å²) < 4.78 is 5.55. The van der Waals surface area contributed by atoms with Crippen LogP contribution in [0.2, 0.25) is 0 Å². The molecule has 5 nitrogen and oxygen atoms in total. The van der Waals surface area contributed by atoms with E-state index in [9.17, 15) is 0 Å². The second-order valence-corrected chi connectivity index (χ2v) is 5.64. The van der Waals surface area contributed by atoms with Crippen molar-refractivity contribution in [1.82, 2.24) is 9.97 Å². The van der Waals surface area contributed by atoms with Gasteiger partial charge in [0.1, 0.15) is 11.4 Å². The summed E-state index contributed by atoms with van der Waals surface area (Å²) in [5.74, 6) is 6.75. The van der Waals surface area contributed by atoms with Crippen LogP contribution in [0.3, 0.4) is 0 Å². The normalized spacial score (nSPS) is 15.3. The summed E-state index contributed by atoms with van der Waals surface area (Å²) >= 11 is 0. The average Bonchev–Trinajstić information content (AvgIpc) is 2.36. The van der Waals surface area contributed by atoms with Crippen molar-refractivity contribution < 1.29 is 4.74 Å². The Morgan fingerprint density at radius 2 is 1.89 bits per heavy atom.